The molecule has 0 radical (unpaired) electrons. The van der Waals surface area contributed by atoms with Gasteiger partial charge in [-0.2, -0.15) is 23.5 Å². The Morgan fingerprint density at radius 3 is 2.67 bits per heavy atom. The number of hydrogen-bond acceptors (Lipinski definition) is 6. The molecule has 0 spiro atoms. The number of anilines is 2. The molecule has 2 aromatic heterocycles. The lowest BCUT2D eigenvalue weighted by atomic mass is 10.1. The average molecular weight is 384 g/mol. The molecule has 2 aromatic rings. The second-order valence-electron chi connectivity index (χ2n) is 5.71. The number of alkyl halides is 3. The lowest BCUT2D eigenvalue weighted by Gasteiger charge is -2.14. The van der Waals surface area contributed by atoms with Gasteiger partial charge in [-0.25, -0.2) is 9.78 Å². The third-order valence-electron chi connectivity index (χ3n) is 3.64. The van der Waals surface area contributed by atoms with E-state index >= 15 is 0 Å². The third-order valence-corrected chi connectivity index (χ3v) is 3.64. The Balaban J connectivity index is 0.000000321. The van der Waals surface area contributed by atoms with Gasteiger partial charge in [0.25, 0.3) is 0 Å². The highest BCUT2D eigenvalue weighted by Gasteiger charge is 2.38. The summed E-state index contributed by atoms with van der Waals surface area (Å²) in [6, 6.07) is 4.05. The van der Waals surface area contributed by atoms with E-state index in [1.807, 2.05) is 0 Å². The summed E-state index contributed by atoms with van der Waals surface area (Å²) < 4.78 is 31.7. The molecule has 1 saturated heterocycles. The standard InChI is InChI=1S/C13H14N6O.C2HF3O2/c1-8(20)16-12-4-11-10(6-15-12)13(18-17-11)19-3-2-9(5-14)7-19;3-2(4,5)1(6)7/h4,6,9H,2-3,7H2,1H3,(H,17,18)(H,15,16,20);(H,6,7)/t9-;/m1./s1. The Bertz CT molecular complexity index is 889. The van der Waals surface area contributed by atoms with Crippen molar-refractivity contribution >= 4 is 34.4 Å². The fourth-order valence-corrected chi connectivity index (χ4v) is 2.45. The fraction of sp³-hybridized carbons (Fsp3) is 0.400. The summed E-state index contributed by atoms with van der Waals surface area (Å²) in [5.41, 5.74) is 0.819. The normalized spacial score (nSPS) is 16.4. The molecule has 0 unspecified atom stereocenters. The minimum atomic E-state index is -5.08. The zero-order chi connectivity index (χ0) is 20.2. The summed E-state index contributed by atoms with van der Waals surface area (Å²) in [6.45, 7) is 2.96. The Hall–Kier alpha value is -3.36. The summed E-state index contributed by atoms with van der Waals surface area (Å²) in [4.78, 5) is 26.2. The van der Waals surface area contributed by atoms with E-state index in [4.69, 9.17) is 15.2 Å². The number of halogens is 3. The van der Waals surface area contributed by atoms with E-state index in [-0.39, 0.29) is 11.8 Å². The Labute approximate surface area is 150 Å². The number of nitriles is 1. The summed E-state index contributed by atoms with van der Waals surface area (Å²) >= 11 is 0. The number of pyridine rings is 1. The zero-order valence-electron chi connectivity index (χ0n) is 14.0. The zero-order valence-corrected chi connectivity index (χ0v) is 14.0. The number of carbonyl (C=O) groups is 2. The van der Waals surface area contributed by atoms with Crippen LogP contribution >= 0.6 is 0 Å². The predicted molar refractivity (Wildman–Crippen MR) is 87.8 cm³/mol. The number of carboxylic acid groups (broad SMARTS) is 1. The van der Waals surface area contributed by atoms with E-state index in [2.05, 4.69) is 31.5 Å². The molecule has 9 nitrogen and oxygen atoms in total. The maximum atomic E-state index is 11.0. The maximum Gasteiger partial charge on any atom is 0.490 e. The molecule has 0 saturated carbocycles. The molecule has 0 bridgehead atoms. The van der Waals surface area contributed by atoms with Crippen molar-refractivity contribution in [3.05, 3.63) is 12.3 Å². The van der Waals surface area contributed by atoms with Crippen LogP contribution in [0.3, 0.4) is 0 Å². The van der Waals surface area contributed by atoms with Crippen molar-refractivity contribution in [2.75, 3.05) is 23.3 Å². The van der Waals surface area contributed by atoms with Gasteiger partial charge in [-0.3, -0.25) is 9.89 Å². The first-order valence-electron chi connectivity index (χ1n) is 7.68. The van der Waals surface area contributed by atoms with Crippen molar-refractivity contribution in [2.24, 2.45) is 5.92 Å². The molecule has 144 valence electrons. The van der Waals surface area contributed by atoms with Crippen LogP contribution in [0.5, 0.6) is 0 Å². The summed E-state index contributed by atoms with van der Waals surface area (Å²) in [6.07, 6.45) is -2.53. The van der Waals surface area contributed by atoms with E-state index in [1.165, 1.54) is 6.92 Å². The smallest absolute Gasteiger partial charge is 0.475 e. The first-order chi connectivity index (χ1) is 12.6. The van der Waals surface area contributed by atoms with Crippen molar-refractivity contribution in [1.29, 1.82) is 5.26 Å². The maximum absolute atomic E-state index is 11.0. The molecular formula is C15H15F3N6O3. The highest BCUT2D eigenvalue weighted by atomic mass is 19.4. The van der Waals surface area contributed by atoms with Crippen LogP contribution in [0.1, 0.15) is 13.3 Å². The Kier molecular flexibility index (Phi) is 5.84. The number of nitrogens with one attached hydrogen (secondary N) is 2. The van der Waals surface area contributed by atoms with Gasteiger partial charge in [0.05, 0.1) is 22.9 Å². The van der Waals surface area contributed by atoms with Crippen LogP contribution in [-0.2, 0) is 9.59 Å². The number of fused-ring (bicyclic) bond motifs is 1. The molecule has 3 rings (SSSR count). The number of carbonyl (C=O) groups excluding carboxylic acids is 1. The summed E-state index contributed by atoms with van der Waals surface area (Å²) in [7, 11) is 0. The van der Waals surface area contributed by atoms with Crippen LogP contribution in [0.15, 0.2) is 12.3 Å². The summed E-state index contributed by atoms with van der Waals surface area (Å²) in [5, 5.41) is 26.9. The van der Waals surface area contributed by atoms with Crippen LogP contribution in [0.25, 0.3) is 10.9 Å². The van der Waals surface area contributed by atoms with Gasteiger partial charge in [-0.15, -0.1) is 0 Å². The van der Waals surface area contributed by atoms with E-state index in [0.717, 1.165) is 29.7 Å². The Morgan fingerprint density at radius 1 is 1.48 bits per heavy atom. The molecule has 1 aliphatic rings. The number of aliphatic carboxylic acids is 1. The van der Waals surface area contributed by atoms with Crippen LogP contribution in [0.2, 0.25) is 0 Å². The Morgan fingerprint density at radius 2 is 2.15 bits per heavy atom. The van der Waals surface area contributed by atoms with Gasteiger partial charge in [0.1, 0.15) is 5.82 Å². The number of nitrogens with zero attached hydrogens (tertiary/aromatic N) is 4. The van der Waals surface area contributed by atoms with Crippen molar-refractivity contribution in [3.8, 4) is 6.07 Å². The largest absolute Gasteiger partial charge is 0.490 e. The number of aromatic nitrogens is 3. The van der Waals surface area contributed by atoms with Crippen molar-refractivity contribution < 1.29 is 27.9 Å². The first-order valence-corrected chi connectivity index (χ1v) is 7.68. The lowest BCUT2D eigenvalue weighted by molar-refractivity contribution is -0.192. The van der Waals surface area contributed by atoms with E-state index in [0.29, 0.717) is 12.4 Å². The van der Waals surface area contributed by atoms with E-state index in [1.54, 1.807) is 12.3 Å². The van der Waals surface area contributed by atoms with Gasteiger partial charge >= 0.3 is 12.1 Å². The van der Waals surface area contributed by atoms with Gasteiger partial charge in [-0.1, -0.05) is 0 Å². The monoisotopic (exact) mass is 384 g/mol. The molecular weight excluding hydrogens is 369 g/mol. The van der Waals surface area contributed by atoms with Crippen LogP contribution < -0.4 is 10.2 Å². The molecule has 1 aliphatic heterocycles. The molecule has 12 heteroatoms. The number of amides is 1. The molecule has 3 N–H and O–H groups in total. The number of hydrogen-bond donors (Lipinski definition) is 3. The van der Waals surface area contributed by atoms with E-state index < -0.39 is 12.1 Å². The molecule has 27 heavy (non-hydrogen) atoms. The van der Waals surface area contributed by atoms with Crippen molar-refractivity contribution in [2.45, 2.75) is 19.5 Å². The third kappa shape index (κ3) is 5.06. The van der Waals surface area contributed by atoms with Crippen molar-refractivity contribution in [1.82, 2.24) is 15.2 Å². The SMILES string of the molecule is CC(=O)Nc1cc2[nH]nc(N3CC[C@H](C#N)C3)c2cn1.O=C(O)C(F)(F)F. The quantitative estimate of drug-likeness (QED) is 0.720. The minimum absolute atomic E-state index is 0.0633. The molecule has 1 amide bonds. The molecule has 0 aromatic carbocycles. The molecule has 3 heterocycles. The lowest BCUT2D eigenvalue weighted by Crippen LogP contribution is -2.21. The van der Waals surface area contributed by atoms with Crippen LogP contribution in [0.4, 0.5) is 24.8 Å². The number of aromatic amines is 1. The highest BCUT2D eigenvalue weighted by molar-refractivity contribution is 5.94. The summed E-state index contributed by atoms with van der Waals surface area (Å²) in [5.74, 6) is -1.54. The van der Waals surface area contributed by atoms with Gasteiger partial charge in [-0.05, 0) is 6.42 Å². The van der Waals surface area contributed by atoms with Gasteiger partial charge in [0, 0.05) is 32.3 Å². The number of carboxylic acids is 1. The van der Waals surface area contributed by atoms with E-state index in [9.17, 15) is 18.0 Å². The van der Waals surface area contributed by atoms with Crippen LogP contribution in [-0.4, -0.2) is 51.4 Å². The topological polar surface area (TPSA) is 135 Å². The van der Waals surface area contributed by atoms with Gasteiger partial charge in [0.2, 0.25) is 5.91 Å². The number of H-pyrrole nitrogens is 1. The first kappa shape index (κ1) is 20.0. The van der Waals surface area contributed by atoms with Crippen LogP contribution in [0, 0.1) is 17.2 Å². The minimum Gasteiger partial charge on any atom is -0.475 e. The van der Waals surface area contributed by atoms with Crippen molar-refractivity contribution in [3.63, 3.8) is 0 Å². The van der Waals surface area contributed by atoms with Gasteiger partial charge < -0.3 is 15.3 Å². The molecule has 0 aliphatic carbocycles. The molecule has 1 atom stereocenters. The molecule has 1 fully saturated rings. The number of rotatable bonds is 2. The predicted octanol–water partition coefficient (Wildman–Crippen LogP) is 1.90. The fourth-order valence-electron chi connectivity index (χ4n) is 2.45. The second kappa shape index (κ2) is 7.90. The average Bonchev–Trinajstić information content (AvgIpc) is 3.19. The van der Waals surface area contributed by atoms with Gasteiger partial charge in [0.15, 0.2) is 5.82 Å². The highest BCUT2D eigenvalue weighted by Crippen LogP contribution is 2.29. The second-order valence-corrected chi connectivity index (χ2v) is 5.71.